The zero-order valence-electron chi connectivity index (χ0n) is 8.54. The molecule has 0 aliphatic carbocycles. The molecule has 1 heterocycles. The molecule has 15 heavy (non-hydrogen) atoms. The van der Waals surface area contributed by atoms with Crippen LogP contribution in [0, 0.1) is 0 Å². The Balaban J connectivity index is 2.61. The van der Waals surface area contributed by atoms with E-state index < -0.39 is 0 Å². The van der Waals surface area contributed by atoms with Crippen LogP contribution in [0.4, 0.5) is 0 Å². The average Bonchev–Trinajstić information content (AvgIpc) is 2.65. The number of methoxy groups -OCH3 is 1. The zero-order chi connectivity index (χ0) is 11.0. The van der Waals surface area contributed by atoms with Gasteiger partial charge in [0.25, 0.3) is 0 Å². The quantitative estimate of drug-likeness (QED) is 0.898. The summed E-state index contributed by atoms with van der Waals surface area (Å²) < 4.78 is 16.7. The van der Waals surface area contributed by atoms with E-state index in [1.165, 1.54) is 0 Å². The average molecular weight is 274 g/mol. The lowest BCUT2D eigenvalue weighted by Gasteiger charge is -2.14. The Hall–Kier alpha value is -0.940. The van der Waals surface area contributed by atoms with Crippen molar-refractivity contribution in [1.29, 1.82) is 0 Å². The molecule has 0 saturated carbocycles. The van der Waals surface area contributed by atoms with E-state index in [9.17, 15) is 0 Å². The second-order valence-electron chi connectivity index (χ2n) is 3.34. The number of hydrogen-bond acceptors (Lipinski definition) is 4. The number of nitrogens with two attached hydrogens (primary N) is 1. The Labute approximate surface area is 96.4 Å². The first kappa shape index (κ1) is 10.6. The Bertz CT molecular complexity index is 393. The molecule has 1 aromatic rings. The lowest BCUT2D eigenvalue weighted by Crippen LogP contribution is -2.07. The highest BCUT2D eigenvalue weighted by Gasteiger charge is 2.24. The van der Waals surface area contributed by atoms with E-state index in [2.05, 4.69) is 15.9 Å². The standard InChI is InChI=1S/C10H12BrNO3/c1-5(12)6-3-7-10(15-4-14-7)8(11)9(6)13-2/h3,5H,4,12H2,1-2H3. The van der Waals surface area contributed by atoms with Crippen molar-refractivity contribution in [2.75, 3.05) is 13.9 Å². The van der Waals surface area contributed by atoms with Crippen LogP contribution in [0.3, 0.4) is 0 Å². The molecule has 2 N–H and O–H groups in total. The third-order valence-corrected chi connectivity index (χ3v) is 3.00. The Morgan fingerprint density at radius 1 is 1.53 bits per heavy atom. The van der Waals surface area contributed by atoms with Crippen molar-refractivity contribution in [1.82, 2.24) is 0 Å². The van der Waals surface area contributed by atoms with Crippen LogP contribution in [0.15, 0.2) is 10.5 Å². The maximum Gasteiger partial charge on any atom is 0.231 e. The summed E-state index contributed by atoms with van der Waals surface area (Å²) in [5.74, 6) is 2.08. The number of halogens is 1. The van der Waals surface area contributed by atoms with Crippen LogP contribution < -0.4 is 19.9 Å². The second-order valence-corrected chi connectivity index (χ2v) is 4.13. The summed E-state index contributed by atoms with van der Waals surface area (Å²) in [6, 6.07) is 1.74. The van der Waals surface area contributed by atoms with Gasteiger partial charge in [0.1, 0.15) is 10.2 Å². The van der Waals surface area contributed by atoms with E-state index in [-0.39, 0.29) is 12.8 Å². The van der Waals surface area contributed by atoms with Crippen LogP contribution in [0.1, 0.15) is 18.5 Å². The molecule has 1 aliphatic heterocycles. The van der Waals surface area contributed by atoms with Gasteiger partial charge in [0, 0.05) is 11.6 Å². The summed E-state index contributed by atoms with van der Waals surface area (Å²) in [5, 5.41) is 0. The molecule has 1 aliphatic rings. The lowest BCUT2D eigenvalue weighted by atomic mass is 10.1. The molecule has 82 valence electrons. The molecule has 0 radical (unpaired) electrons. The summed E-state index contributed by atoms with van der Waals surface area (Å²) in [5.41, 5.74) is 6.75. The maximum absolute atomic E-state index is 5.86. The van der Waals surface area contributed by atoms with E-state index in [1.54, 1.807) is 7.11 Å². The highest BCUT2D eigenvalue weighted by molar-refractivity contribution is 9.10. The SMILES string of the molecule is COc1c(C(C)N)cc2c(c1Br)OCO2. The van der Waals surface area contributed by atoms with Crippen LogP contribution in [-0.2, 0) is 0 Å². The number of benzene rings is 1. The summed E-state index contributed by atoms with van der Waals surface area (Å²) in [6.07, 6.45) is 0. The predicted octanol–water partition coefficient (Wildman–Crippen LogP) is 2.21. The van der Waals surface area contributed by atoms with Crippen molar-refractivity contribution >= 4 is 15.9 Å². The number of ether oxygens (including phenoxy) is 3. The van der Waals surface area contributed by atoms with Crippen LogP contribution in [0.2, 0.25) is 0 Å². The molecular weight excluding hydrogens is 262 g/mol. The monoisotopic (exact) mass is 273 g/mol. The van der Waals surface area contributed by atoms with Gasteiger partial charge >= 0.3 is 0 Å². The van der Waals surface area contributed by atoms with Crippen molar-refractivity contribution in [3.63, 3.8) is 0 Å². The smallest absolute Gasteiger partial charge is 0.231 e. The molecule has 4 nitrogen and oxygen atoms in total. The van der Waals surface area contributed by atoms with Gasteiger partial charge in [0.05, 0.1) is 7.11 Å². The largest absolute Gasteiger partial charge is 0.495 e. The van der Waals surface area contributed by atoms with Crippen molar-refractivity contribution in [3.05, 3.63) is 16.1 Å². The van der Waals surface area contributed by atoms with Crippen LogP contribution >= 0.6 is 15.9 Å². The lowest BCUT2D eigenvalue weighted by molar-refractivity contribution is 0.173. The van der Waals surface area contributed by atoms with E-state index in [0.717, 1.165) is 10.0 Å². The van der Waals surface area contributed by atoms with Crippen LogP contribution in [0.5, 0.6) is 17.2 Å². The Morgan fingerprint density at radius 3 is 2.87 bits per heavy atom. The molecule has 0 spiro atoms. The molecule has 1 unspecified atom stereocenters. The molecule has 5 heteroatoms. The molecule has 0 aromatic heterocycles. The van der Waals surface area contributed by atoms with E-state index >= 15 is 0 Å². The first-order valence-electron chi connectivity index (χ1n) is 4.56. The minimum absolute atomic E-state index is 0.120. The molecule has 0 bridgehead atoms. The Kier molecular flexibility index (Phi) is 2.75. The number of hydrogen-bond donors (Lipinski definition) is 1. The minimum Gasteiger partial charge on any atom is -0.495 e. The van der Waals surface area contributed by atoms with E-state index in [1.807, 2.05) is 13.0 Å². The number of fused-ring (bicyclic) bond motifs is 1. The molecular formula is C10H12BrNO3. The third kappa shape index (κ3) is 1.66. The summed E-state index contributed by atoms with van der Waals surface area (Å²) in [4.78, 5) is 0. The molecule has 0 amide bonds. The van der Waals surface area contributed by atoms with E-state index in [0.29, 0.717) is 17.2 Å². The summed E-state index contributed by atoms with van der Waals surface area (Å²) in [7, 11) is 1.61. The second kappa shape index (κ2) is 3.90. The zero-order valence-corrected chi connectivity index (χ0v) is 10.1. The normalized spacial score (nSPS) is 15.2. The van der Waals surface area contributed by atoms with Gasteiger partial charge in [-0.2, -0.15) is 0 Å². The maximum atomic E-state index is 5.86. The van der Waals surface area contributed by atoms with Crippen LogP contribution in [0.25, 0.3) is 0 Å². The highest BCUT2D eigenvalue weighted by atomic mass is 79.9. The van der Waals surface area contributed by atoms with Gasteiger partial charge in [0.2, 0.25) is 6.79 Å². The molecule has 0 fully saturated rings. The van der Waals surface area contributed by atoms with Gasteiger partial charge in [-0.05, 0) is 28.9 Å². The first-order valence-corrected chi connectivity index (χ1v) is 5.36. The van der Waals surface area contributed by atoms with Crippen molar-refractivity contribution in [3.8, 4) is 17.2 Å². The van der Waals surface area contributed by atoms with Gasteiger partial charge in [-0.3, -0.25) is 0 Å². The first-order chi connectivity index (χ1) is 7.15. The van der Waals surface area contributed by atoms with Crippen molar-refractivity contribution in [2.24, 2.45) is 5.73 Å². The predicted molar refractivity (Wildman–Crippen MR) is 59.4 cm³/mol. The van der Waals surface area contributed by atoms with Gasteiger partial charge < -0.3 is 19.9 Å². The molecule has 2 rings (SSSR count). The number of rotatable bonds is 2. The third-order valence-electron chi connectivity index (χ3n) is 2.28. The van der Waals surface area contributed by atoms with Gasteiger partial charge in [-0.15, -0.1) is 0 Å². The highest BCUT2D eigenvalue weighted by Crippen LogP contribution is 2.47. The fourth-order valence-electron chi connectivity index (χ4n) is 1.55. The van der Waals surface area contributed by atoms with Gasteiger partial charge in [-0.1, -0.05) is 0 Å². The van der Waals surface area contributed by atoms with Crippen LogP contribution in [-0.4, -0.2) is 13.9 Å². The molecule has 0 saturated heterocycles. The summed E-state index contributed by atoms with van der Waals surface area (Å²) in [6.45, 7) is 2.13. The Morgan fingerprint density at radius 2 is 2.27 bits per heavy atom. The van der Waals surface area contributed by atoms with Crippen molar-refractivity contribution < 1.29 is 14.2 Å². The molecule has 1 aromatic carbocycles. The fourth-order valence-corrected chi connectivity index (χ4v) is 2.25. The van der Waals surface area contributed by atoms with Crippen molar-refractivity contribution in [2.45, 2.75) is 13.0 Å². The van der Waals surface area contributed by atoms with Gasteiger partial charge in [-0.25, -0.2) is 0 Å². The molecule has 1 atom stereocenters. The topological polar surface area (TPSA) is 53.7 Å². The van der Waals surface area contributed by atoms with E-state index in [4.69, 9.17) is 19.9 Å². The fraction of sp³-hybridized carbons (Fsp3) is 0.400. The summed E-state index contributed by atoms with van der Waals surface area (Å²) >= 11 is 3.43. The minimum atomic E-state index is -0.120. The van der Waals surface area contributed by atoms with Gasteiger partial charge in [0.15, 0.2) is 11.5 Å².